The molecule has 16 heavy (non-hydrogen) atoms. The van der Waals surface area contributed by atoms with Gasteiger partial charge in [-0.1, -0.05) is 6.08 Å². The average molecular weight is 233 g/mol. The molecule has 0 spiro atoms. The fraction of sp³-hybridized carbons (Fsp3) is 0.727. The van der Waals surface area contributed by atoms with Gasteiger partial charge in [-0.15, -0.1) is 6.58 Å². The number of nitrogens with zero attached hydrogens (tertiary/aromatic N) is 2. The first-order valence-electron chi connectivity index (χ1n) is 5.50. The quantitative estimate of drug-likeness (QED) is 0.316. The third-order valence-corrected chi connectivity index (χ3v) is 1.98. The SMILES string of the molecule is C=CCCCN(C)C(=NCC(F)F)NCC. The van der Waals surface area contributed by atoms with Gasteiger partial charge < -0.3 is 10.2 Å². The standard InChI is InChI=1S/C11H21F2N3/c1-4-6-7-8-16(3)11(14-5-2)15-9-10(12)13/h4,10H,1,5-9H2,2-3H3,(H,14,15). The minimum atomic E-state index is -2.39. The van der Waals surface area contributed by atoms with E-state index in [1.165, 1.54) is 0 Å². The first kappa shape index (κ1) is 14.9. The number of unbranched alkanes of at least 4 members (excludes halogenated alkanes) is 1. The van der Waals surface area contributed by atoms with Gasteiger partial charge >= 0.3 is 0 Å². The molecule has 0 aromatic carbocycles. The van der Waals surface area contributed by atoms with E-state index in [1.54, 1.807) is 0 Å². The van der Waals surface area contributed by atoms with Crippen molar-refractivity contribution in [2.45, 2.75) is 26.2 Å². The van der Waals surface area contributed by atoms with Crippen LogP contribution in [0.2, 0.25) is 0 Å². The molecule has 0 unspecified atom stereocenters. The maximum atomic E-state index is 12.0. The molecule has 0 saturated heterocycles. The van der Waals surface area contributed by atoms with Gasteiger partial charge in [0.1, 0.15) is 6.54 Å². The molecule has 0 heterocycles. The molecule has 0 aromatic heterocycles. The van der Waals surface area contributed by atoms with E-state index in [0.29, 0.717) is 12.5 Å². The van der Waals surface area contributed by atoms with Crippen molar-refractivity contribution in [1.29, 1.82) is 0 Å². The molecule has 0 aromatic rings. The molecule has 0 atom stereocenters. The molecule has 0 aliphatic heterocycles. The number of hydrogen-bond donors (Lipinski definition) is 1. The first-order valence-corrected chi connectivity index (χ1v) is 5.50. The highest BCUT2D eigenvalue weighted by Gasteiger charge is 2.06. The molecule has 0 aliphatic rings. The molecule has 0 radical (unpaired) electrons. The highest BCUT2D eigenvalue weighted by Crippen LogP contribution is 1.97. The van der Waals surface area contributed by atoms with Crippen molar-refractivity contribution in [3.8, 4) is 0 Å². The fourth-order valence-electron chi connectivity index (χ4n) is 1.20. The van der Waals surface area contributed by atoms with Gasteiger partial charge in [-0.2, -0.15) is 0 Å². The summed E-state index contributed by atoms with van der Waals surface area (Å²) in [5, 5.41) is 2.98. The second kappa shape index (κ2) is 9.12. The van der Waals surface area contributed by atoms with Crippen LogP contribution in [0.15, 0.2) is 17.6 Å². The van der Waals surface area contributed by atoms with Crippen LogP contribution in [-0.2, 0) is 0 Å². The molecule has 0 aliphatic carbocycles. The van der Waals surface area contributed by atoms with Gasteiger partial charge in [0.05, 0.1) is 0 Å². The summed E-state index contributed by atoms with van der Waals surface area (Å²) in [5.74, 6) is 0.534. The lowest BCUT2D eigenvalue weighted by Crippen LogP contribution is -2.39. The Morgan fingerprint density at radius 3 is 2.75 bits per heavy atom. The summed E-state index contributed by atoms with van der Waals surface area (Å²) in [4.78, 5) is 5.70. The molecule has 3 nitrogen and oxygen atoms in total. The van der Waals surface area contributed by atoms with E-state index in [2.05, 4.69) is 16.9 Å². The third kappa shape index (κ3) is 7.20. The molecule has 0 saturated carbocycles. The van der Waals surface area contributed by atoms with Crippen molar-refractivity contribution in [1.82, 2.24) is 10.2 Å². The second-order valence-electron chi connectivity index (χ2n) is 3.44. The highest BCUT2D eigenvalue weighted by atomic mass is 19.3. The Hall–Kier alpha value is -1.13. The van der Waals surface area contributed by atoms with Crippen LogP contribution in [-0.4, -0.2) is 44.0 Å². The molecule has 0 bridgehead atoms. The normalized spacial score (nSPS) is 11.7. The van der Waals surface area contributed by atoms with Gasteiger partial charge in [0.2, 0.25) is 0 Å². The van der Waals surface area contributed by atoms with E-state index in [0.717, 1.165) is 19.4 Å². The third-order valence-electron chi connectivity index (χ3n) is 1.98. The van der Waals surface area contributed by atoms with Gasteiger partial charge in [-0.3, -0.25) is 0 Å². The van der Waals surface area contributed by atoms with E-state index in [-0.39, 0.29) is 0 Å². The van der Waals surface area contributed by atoms with Crippen LogP contribution < -0.4 is 5.32 Å². The number of aliphatic imine (C=N–C) groups is 1. The number of hydrogen-bond acceptors (Lipinski definition) is 1. The Morgan fingerprint density at radius 2 is 2.25 bits per heavy atom. The van der Waals surface area contributed by atoms with Gasteiger partial charge in [0, 0.05) is 20.1 Å². The Morgan fingerprint density at radius 1 is 1.56 bits per heavy atom. The van der Waals surface area contributed by atoms with Gasteiger partial charge in [-0.25, -0.2) is 13.8 Å². The maximum absolute atomic E-state index is 12.0. The van der Waals surface area contributed by atoms with E-state index < -0.39 is 13.0 Å². The highest BCUT2D eigenvalue weighted by molar-refractivity contribution is 5.79. The zero-order valence-corrected chi connectivity index (χ0v) is 10.0. The lowest BCUT2D eigenvalue weighted by atomic mass is 10.3. The predicted molar refractivity (Wildman–Crippen MR) is 64.0 cm³/mol. The molecule has 0 fully saturated rings. The molecule has 94 valence electrons. The lowest BCUT2D eigenvalue weighted by molar-refractivity contribution is 0.158. The van der Waals surface area contributed by atoms with Crippen molar-refractivity contribution < 1.29 is 8.78 Å². The zero-order chi connectivity index (χ0) is 12.4. The Kier molecular flexibility index (Phi) is 8.48. The van der Waals surface area contributed by atoms with Crippen molar-refractivity contribution in [3.05, 3.63) is 12.7 Å². The molecule has 0 rings (SSSR count). The van der Waals surface area contributed by atoms with E-state index in [9.17, 15) is 8.78 Å². The average Bonchev–Trinajstić information content (AvgIpc) is 2.24. The molecular weight excluding hydrogens is 212 g/mol. The van der Waals surface area contributed by atoms with Crippen LogP contribution in [0.3, 0.4) is 0 Å². The summed E-state index contributed by atoms with van der Waals surface area (Å²) in [6.07, 6.45) is 1.31. The molecular formula is C11H21F2N3. The molecule has 0 amide bonds. The first-order chi connectivity index (χ1) is 7.61. The van der Waals surface area contributed by atoms with Crippen LogP contribution in [0.25, 0.3) is 0 Å². The molecule has 5 heteroatoms. The monoisotopic (exact) mass is 233 g/mol. The largest absolute Gasteiger partial charge is 0.357 e. The second-order valence-corrected chi connectivity index (χ2v) is 3.44. The molecule has 1 N–H and O–H groups in total. The lowest BCUT2D eigenvalue weighted by Gasteiger charge is -2.21. The van der Waals surface area contributed by atoms with Crippen molar-refractivity contribution in [3.63, 3.8) is 0 Å². The van der Waals surface area contributed by atoms with Gasteiger partial charge in [-0.05, 0) is 19.8 Å². The van der Waals surface area contributed by atoms with Crippen LogP contribution in [0.4, 0.5) is 8.78 Å². The predicted octanol–water partition coefficient (Wildman–Crippen LogP) is 2.12. The number of rotatable bonds is 7. The van der Waals surface area contributed by atoms with Crippen LogP contribution in [0.1, 0.15) is 19.8 Å². The Labute approximate surface area is 96.2 Å². The zero-order valence-electron chi connectivity index (χ0n) is 10.0. The van der Waals surface area contributed by atoms with Crippen LogP contribution >= 0.6 is 0 Å². The number of nitrogens with one attached hydrogen (secondary N) is 1. The topological polar surface area (TPSA) is 27.6 Å². The summed E-state index contributed by atoms with van der Waals surface area (Å²) in [7, 11) is 1.84. The summed E-state index contributed by atoms with van der Waals surface area (Å²) in [6, 6.07) is 0. The summed E-state index contributed by atoms with van der Waals surface area (Å²) < 4.78 is 24.1. The maximum Gasteiger partial charge on any atom is 0.257 e. The Balaban J connectivity index is 4.16. The fourth-order valence-corrected chi connectivity index (χ4v) is 1.20. The number of alkyl halides is 2. The van der Waals surface area contributed by atoms with Crippen LogP contribution in [0, 0.1) is 0 Å². The van der Waals surface area contributed by atoms with Crippen molar-refractivity contribution in [2.75, 3.05) is 26.7 Å². The summed E-state index contributed by atoms with van der Waals surface area (Å²) >= 11 is 0. The van der Waals surface area contributed by atoms with E-state index in [4.69, 9.17) is 0 Å². The number of halogens is 2. The minimum Gasteiger partial charge on any atom is -0.357 e. The van der Waals surface area contributed by atoms with Gasteiger partial charge in [0.25, 0.3) is 6.43 Å². The summed E-state index contributed by atoms with van der Waals surface area (Å²) in [6.45, 7) is 6.55. The number of allylic oxidation sites excluding steroid dienone is 1. The smallest absolute Gasteiger partial charge is 0.257 e. The van der Waals surface area contributed by atoms with Crippen LogP contribution in [0.5, 0.6) is 0 Å². The van der Waals surface area contributed by atoms with Crippen molar-refractivity contribution >= 4 is 5.96 Å². The minimum absolute atomic E-state index is 0.450. The van der Waals surface area contributed by atoms with Crippen molar-refractivity contribution in [2.24, 2.45) is 4.99 Å². The van der Waals surface area contributed by atoms with Gasteiger partial charge in [0.15, 0.2) is 5.96 Å². The van der Waals surface area contributed by atoms with E-state index in [1.807, 2.05) is 24.9 Å². The number of guanidine groups is 1. The summed E-state index contributed by atoms with van der Waals surface area (Å²) in [5.41, 5.74) is 0. The van der Waals surface area contributed by atoms with E-state index >= 15 is 0 Å². The Bertz CT molecular complexity index is 217.